The summed E-state index contributed by atoms with van der Waals surface area (Å²) in [5.41, 5.74) is 3.12. The highest BCUT2D eigenvalue weighted by Gasteiger charge is 2.27. The van der Waals surface area contributed by atoms with Crippen molar-refractivity contribution in [3.63, 3.8) is 0 Å². The quantitative estimate of drug-likeness (QED) is 0.332. The van der Waals surface area contributed by atoms with Gasteiger partial charge in [0.2, 0.25) is 5.91 Å². The highest BCUT2D eigenvalue weighted by molar-refractivity contribution is 6.42. The molecule has 1 fully saturated rings. The SMILES string of the molecule is CC(C)CC(=O)Nc1ccc(-c2cc(C3CCC3)n(C(=O)NCc3ccc(Cl)c(Cl)c3)n2)c(O)c1. The first-order valence-electron chi connectivity index (χ1n) is 11.7. The zero-order valence-electron chi connectivity index (χ0n) is 19.6. The average Bonchev–Trinajstić information content (AvgIpc) is 3.17. The summed E-state index contributed by atoms with van der Waals surface area (Å²) in [5.74, 6) is 0.346. The van der Waals surface area contributed by atoms with E-state index in [4.69, 9.17) is 23.2 Å². The molecule has 0 saturated heterocycles. The average molecular weight is 515 g/mol. The number of anilines is 1. The third kappa shape index (κ3) is 5.97. The summed E-state index contributed by atoms with van der Waals surface area (Å²) >= 11 is 12.0. The predicted molar refractivity (Wildman–Crippen MR) is 138 cm³/mol. The predicted octanol–water partition coefficient (Wildman–Crippen LogP) is 6.57. The fourth-order valence-corrected chi connectivity index (χ4v) is 4.32. The van der Waals surface area contributed by atoms with Crippen molar-refractivity contribution in [3.8, 4) is 17.0 Å². The second-order valence-electron chi connectivity index (χ2n) is 9.28. The lowest BCUT2D eigenvalue weighted by atomic mass is 9.82. The van der Waals surface area contributed by atoms with E-state index in [1.807, 2.05) is 19.9 Å². The zero-order chi connectivity index (χ0) is 25.1. The number of hydrogen-bond donors (Lipinski definition) is 3. The molecule has 184 valence electrons. The van der Waals surface area contributed by atoms with Crippen LogP contribution in [0.2, 0.25) is 10.0 Å². The molecule has 1 saturated carbocycles. The van der Waals surface area contributed by atoms with Crippen LogP contribution >= 0.6 is 23.2 Å². The van der Waals surface area contributed by atoms with Gasteiger partial charge in [-0.1, -0.05) is 49.5 Å². The Morgan fingerprint density at radius 1 is 1.11 bits per heavy atom. The number of nitrogens with zero attached hydrogens (tertiary/aromatic N) is 2. The third-order valence-electron chi connectivity index (χ3n) is 6.03. The number of halogens is 2. The third-order valence-corrected chi connectivity index (χ3v) is 6.77. The number of phenols is 1. The van der Waals surface area contributed by atoms with E-state index in [0.717, 1.165) is 30.5 Å². The molecular formula is C26H28Cl2N4O3. The first kappa shape index (κ1) is 25.1. The van der Waals surface area contributed by atoms with E-state index in [9.17, 15) is 14.7 Å². The Hall–Kier alpha value is -3.03. The minimum Gasteiger partial charge on any atom is -0.507 e. The second kappa shape index (κ2) is 10.7. The molecule has 0 spiro atoms. The van der Waals surface area contributed by atoms with Gasteiger partial charge in [-0.3, -0.25) is 4.79 Å². The molecule has 0 atom stereocenters. The van der Waals surface area contributed by atoms with Crippen LogP contribution in [0.15, 0.2) is 42.5 Å². The highest BCUT2D eigenvalue weighted by atomic mass is 35.5. The lowest BCUT2D eigenvalue weighted by molar-refractivity contribution is -0.116. The van der Waals surface area contributed by atoms with Crippen molar-refractivity contribution in [3.05, 3.63) is 63.8 Å². The van der Waals surface area contributed by atoms with Crippen LogP contribution in [0, 0.1) is 5.92 Å². The summed E-state index contributed by atoms with van der Waals surface area (Å²) in [6, 6.07) is 11.6. The first-order valence-corrected chi connectivity index (χ1v) is 12.4. The number of nitrogens with one attached hydrogen (secondary N) is 2. The minimum absolute atomic E-state index is 0.0200. The smallest absolute Gasteiger partial charge is 0.342 e. The molecule has 0 radical (unpaired) electrons. The van der Waals surface area contributed by atoms with Crippen molar-refractivity contribution >= 4 is 40.8 Å². The van der Waals surface area contributed by atoms with Gasteiger partial charge in [-0.2, -0.15) is 9.78 Å². The molecule has 0 unspecified atom stereocenters. The molecule has 0 bridgehead atoms. The number of phenolic OH excluding ortho intramolecular Hbond substituents is 1. The second-order valence-corrected chi connectivity index (χ2v) is 10.1. The van der Waals surface area contributed by atoms with E-state index < -0.39 is 0 Å². The fourth-order valence-electron chi connectivity index (χ4n) is 4.00. The normalized spacial score (nSPS) is 13.5. The van der Waals surface area contributed by atoms with Crippen LogP contribution in [0.4, 0.5) is 10.5 Å². The zero-order valence-corrected chi connectivity index (χ0v) is 21.2. The van der Waals surface area contributed by atoms with Crippen LogP contribution < -0.4 is 10.6 Å². The van der Waals surface area contributed by atoms with Gasteiger partial charge in [0.15, 0.2) is 0 Å². The summed E-state index contributed by atoms with van der Waals surface area (Å²) in [6.07, 6.45) is 3.47. The van der Waals surface area contributed by atoms with Crippen LogP contribution in [0.5, 0.6) is 5.75 Å². The molecule has 1 aliphatic rings. The highest BCUT2D eigenvalue weighted by Crippen LogP contribution is 2.39. The van der Waals surface area contributed by atoms with Crippen molar-refractivity contribution in [2.24, 2.45) is 5.92 Å². The topological polar surface area (TPSA) is 96.3 Å². The summed E-state index contributed by atoms with van der Waals surface area (Å²) in [6.45, 7) is 4.21. The van der Waals surface area contributed by atoms with Crippen LogP contribution in [0.1, 0.15) is 56.7 Å². The molecule has 2 aromatic carbocycles. The maximum Gasteiger partial charge on any atom is 0.342 e. The van der Waals surface area contributed by atoms with Gasteiger partial charge in [0.1, 0.15) is 5.75 Å². The van der Waals surface area contributed by atoms with E-state index in [-0.39, 0.29) is 36.1 Å². The van der Waals surface area contributed by atoms with Gasteiger partial charge in [0.05, 0.1) is 21.4 Å². The number of carbonyl (C=O) groups excluding carboxylic acids is 2. The molecule has 2 amide bonds. The summed E-state index contributed by atoms with van der Waals surface area (Å²) in [4.78, 5) is 25.1. The van der Waals surface area contributed by atoms with E-state index in [2.05, 4.69) is 15.7 Å². The Balaban J connectivity index is 1.54. The van der Waals surface area contributed by atoms with E-state index in [1.165, 1.54) is 10.7 Å². The molecule has 1 aliphatic carbocycles. The van der Waals surface area contributed by atoms with Gasteiger partial charge in [0.25, 0.3) is 0 Å². The largest absolute Gasteiger partial charge is 0.507 e. The van der Waals surface area contributed by atoms with Crippen LogP contribution in [-0.4, -0.2) is 26.8 Å². The summed E-state index contributed by atoms with van der Waals surface area (Å²) in [7, 11) is 0. The molecule has 1 aromatic heterocycles. The maximum atomic E-state index is 13.0. The number of benzene rings is 2. The Bertz CT molecular complexity index is 1250. The summed E-state index contributed by atoms with van der Waals surface area (Å²) < 4.78 is 1.38. The molecule has 1 heterocycles. The number of hydrogen-bond acceptors (Lipinski definition) is 4. The van der Waals surface area contributed by atoms with Crippen molar-refractivity contribution in [2.45, 2.75) is 52.0 Å². The Morgan fingerprint density at radius 2 is 1.89 bits per heavy atom. The number of carbonyl (C=O) groups is 2. The van der Waals surface area contributed by atoms with Gasteiger partial charge < -0.3 is 15.7 Å². The maximum absolute atomic E-state index is 13.0. The molecule has 0 aliphatic heterocycles. The van der Waals surface area contributed by atoms with Crippen molar-refractivity contribution in [2.75, 3.05) is 5.32 Å². The molecule has 3 aromatic rings. The number of rotatable bonds is 7. The lowest BCUT2D eigenvalue weighted by Gasteiger charge is -2.25. The van der Waals surface area contributed by atoms with Crippen LogP contribution in [0.3, 0.4) is 0 Å². The van der Waals surface area contributed by atoms with Gasteiger partial charge >= 0.3 is 6.03 Å². The van der Waals surface area contributed by atoms with Crippen LogP contribution in [-0.2, 0) is 11.3 Å². The van der Waals surface area contributed by atoms with Crippen molar-refractivity contribution in [1.29, 1.82) is 0 Å². The van der Waals surface area contributed by atoms with Gasteiger partial charge in [-0.15, -0.1) is 0 Å². The standard InChI is InChI=1S/C26H28Cl2N4O3/c1-15(2)10-25(34)30-18-7-8-19(24(33)12-18)22-13-23(17-4-3-5-17)32(31-22)26(35)29-14-16-6-9-20(27)21(28)11-16/h6-9,11-13,15,17,33H,3-5,10,14H2,1-2H3,(H,29,35)(H,30,34). The van der Waals surface area contributed by atoms with Gasteiger partial charge in [-0.25, -0.2) is 4.79 Å². The van der Waals surface area contributed by atoms with Crippen LogP contribution in [0.25, 0.3) is 11.3 Å². The molecule has 7 nitrogen and oxygen atoms in total. The van der Waals surface area contributed by atoms with Gasteiger partial charge in [0, 0.05) is 36.2 Å². The Kier molecular flexibility index (Phi) is 7.67. The Labute approximate surface area is 214 Å². The summed E-state index contributed by atoms with van der Waals surface area (Å²) in [5, 5.41) is 21.8. The number of aromatic nitrogens is 2. The minimum atomic E-state index is -0.360. The van der Waals surface area contributed by atoms with Crippen molar-refractivity contribution in [1.82, 2.24) is 15.1 Å². The molecule has 9 heteroatoms. The molecular weight excluding hydrogens is 487 g/mol. The Morgan fingerprint density at radius 3 is 2.51 bits per heavy atom. The van der Waals surface area contributed by atoms with E-state index in [0.29, 0.717) is 33.4 Å². The number of aromatic hydroxyl groups is 1. The molecule has 3 N–H and O–H groups in total. The fraction of sp³-hybridized carbons (Fsp3) is 0.346. The monoisotopic (exact) mass is 514 g/mol. The van der Waals surface area contributed by atoms with E-state index >= 15 is 0 Å². The lowest BCUT2D eigenvalue weighted by Crippen LogP contribution is -2.31. The van der Waals surface area contributed by atoms with Gasteiger partial charge in [-0.05, 0) is 54.7 Å². The number of amides is 2. The van der Waals surface area contributed by atoms with E-state index in [1.54, 1.807) is 30.3 Å². The molecule has 4 rings (SSSR count). The molecule has 35 heavy (non-hydrogen) atoms. The first-order chi connectivity index (χ1) is 16.7. The van der Waals surface area contributed by atoms with Crippen molar-refractivity contribution < 1.29 is 14.7 Å².